The van der Waals surface area contributed by atoms with E-state index < -0.39 is 0 Å². The first-order valence-corrected chi connectivity index (χ1v) is 7.73. The van der Waals surface area contributed by atoms with E-state index in [-0.39, 0.29) is 0 Å². The summed E-state index contributed by atoms with van der Waals surface area (Å²) in [6, 6.07) is 1.17. The first-order valence-electron chi connectivity index (χ1n) is 7.33. The molecular formula is C14H26N2S. The van der Waals surface area contributed by atoms with Gasteiger partial charge in [-0.1, -0.05) is 32.1 Å². The minimum absolute atomic E-state index is 0.543. The van der Waals surface area contributed by atoms with Gasteiger partial charge in [0.05, 0.1) is 0 Å². The molecule has 2 aliphatic rings. The molecule has 2 nitrogen and oxygen atoms in total. The van der Waals surface area contributed by atoms with Crippen LogP contribution in [0.2, 0.25) is 0 Å². The molecule has 0 heterocycles. The van der Waals surface area contributed by atoms with E-state index in [4.69, 9.17) is 12.2 Å². The Morgan fingerprint density at radius 3 is 2.24 bits per heavy atom. The SMILES string of the molecule is CC(NC(=S)NC1CCCCC1)C1CCCC1. The zero-order chi connectivity index (χ0) is 12.1. The fraction of sp³-hybridized carbons (Fsp3) is 0.929. The number of hydrogen-bond acceptors (Lipinski definition) is 1. The molecule has 2 fully saturated rings. The van der Waals surface area contributed by atoms with Gasteiger partial charge in [0, 0.05) is 12.1 Å². The van der Waals surface area contributed by atoms with Crippen LogP contribution in [0.25, 0.3) is 0 Å². The Hall–Kier alpha value is -0.310. The lowest BCUT2D eigenvalue weighted by Gasteiger charge is -2.27. The number of rotatable bonds is 3. The van der Waals surface area contributed by atoms with E-state index in [0.29, 0.717) is 12.1 Å². The minimum Gasteiger partial charge on any atom is -0.360 e. The van der Waals surface area contributed by atoms with E-state index in [0.717, 1.165) is 11.0 Å². The zero-order valence-electron chi connectivity index (χ0n) is 11.0. The average molecular weight is 254 g/mol. The van der Waals surface area contributed by atoms with Gasteiger partial charge in [-0.05, 0) is 50.7 Å². The van der Waals surface area contributed by atoms with Gasteiger partial charge in [0.1, 0.15) is 0 Å². The fourth-order valence-corrected chi connectivity index (χ4v) is 3.61. The highest BCUT2D eigenvalue weighted by atomic mass is 32.1. The lowest BCUT2D eigenvalue weighted by molar-refractivity contribution is 0.397. The summed E-state index contributed by atoms with van der Waals surface area (Å²) in [4.78, 5) is 0. The standard InChI is InChI=1S/C14H26N2S/c1-11(12-7-5-6-8-12)15-14(17)16-13-9-3-2-4-10-13/h11-13H,2-10H2,1H3,(H2,15,16,17). The number of thiocarbonyl (C=S) groups is 1. The van der Waals surface area contributed by atoms with Gasteiger partial charge in [-0.3, -0.25) is 0 Å². The maximum atomic E-state index is 5.42. The predicted octanol–water partition coefficient (Wildman–Crippen LogP) is 3.36. The molecule has 0 aromatic heterocycles. The number of nitrogens with one attached hydrogen (secondary N) is 2. The Morgan fingerprint density at radius 2 is 1.59 bits per heavy atom. The second kappa shape index (κ2) is 6.58. The molecule has 98 valence electrons. The van der Waals surface area contributed by atoms with Crippen LogP contribution in [0.5, 0.6) is 0 Å². The Balaban J connectivity index is 1.68. The Labute approximate surface area is 111 Å². The molecule has 0 spiro atoms. The van der Waals surface area contributed by atoms with E-state index in [1.807, 2.05) is 0 Å². The number of hydrogen-bond donors (Lipinski definition) is 2. The van der Waals surface area contributed by atoms with E-state index in [1.165, 1.54) is 57.8 Å². The first kappa shape index (κ1) is 13.1. The third kappa shape index (κ3) is 4.13. The maximum Gasteiger partial charge on any atom is 0.166 e. The molecule has 2 saturated carbocycles. The van der Waals surface area contributed by atoms with Crippen molar-refractivity contribution in [3.8, 4) is 0 Å². The van der Waals surface area contributed by atoms with Crippen LogP contribution in [0.4, 0.5) is 0 Å². The summed E-state index contributed by atoms with van der Waals surface area (Å²) in [5.74, 6) is 0.834. The summed E-state index contributed by atoms with van der Waals surface area (Å²) in [7, 11) is 0. The quantitative estimate of drug-likeness (QED) is 0.755. The summed E-state index contributed by atoms with van der Waals surface area (Å²) in [6.45, 7) is 2.28. The summed E-state index contributed by atoms with van der Waals surface area (Å²) >= 11 is 5.42. The van der Waals surface area contributed by atoms with Crippen molar-refractivity contribution in [2.45, 2.75) is 76.8 Å². The Bertz CT molecular complexity index is 243. The molecule has 1 atom stereocenters. The molecule has 2 N–H and O–H groups in total. The van der Waals surface area contributed by atoms with Crippen molar-refractivity contribution in [3.05, 3.63) is 0 Å². The van der Waals surface area contributed by atoms with Crippen LogP contribution in [-0.4, -0.2) is 17.2 Å². The van der Waals surface area contributed by atoms with Crippen molar-refractivity contribution in [3.63, 3.8) is 0 Å². The van der Waals surface area contributed by atoms with Gasteiger partial charge in [-0.2, -0.15) is 0 Å². The Kier molecular flexibility index (Phi) is 5.08. The third-order valence-corrected chi connectivity index (χ3v) is 4.64. The molecule has 0 bridgehead atoms. The second-order valence-corrected chi connectivity index (χ2v) is 6.19. The van der Waals surface area contributed by atoms with Gasteiger partial charge in [-0.25, -0.2) is 0 Å². The van der Waals surface area contributed by atoms with Crippen LogP contribution in [0, 0.1) is 5.92 Å². The molecule has 3 heteroatoms. The van der Waals surface area contributed by atoms with E-state index >= 15 is 0 Å². The molecule has 0 aromatic carbocycles. The molecule has 0 aromatic rings. The van der Waals surface area contributed by atoms with Crippen LogP contribution < -0.4 is 10.6 Å². The highest BCUT2D eigenvalue weighted by molar-refractivity contribution is 7.80. The molecule has 17 heavy (non-hydrogen) atoms. The van der Waals surface area contributed by atoms with Crippen molar-refractivity contribution in [1.29, 1.82) is 0 Å². The van der Waals surface area contributed by atoms with Crippen LogP contribution in [0.3, 0.4) is 0 Å². The molecule has 0 amide bonds. The first-order chi connectivity index (χ1) is 8.25. The molecule has 0 saturated heterocycles. The predicted molar refractivity (Wildman–Crippen MR) is 77.2 cm³/mol. The van der Waals surface area contributed by atoms with E-state index in [2.05, 4.69) is 17.6 Å². The van der Waals surface area contributed by atoms with Gasteiger partial charge in [0.15, 0.2) is 5.11 Å². The monoisotopic (exact) mass is 254 g/mol. The van der Waals surface area contributed by atoms with Gasteiger partial charge < -0.3 is 10.6 Å². The highest BCUT2D eigenvalue weighted by Gasteiger charge is 2.22. The van der Waals surface area contributed by atoms with Crippen molar-refractivity contribution in [2.24, 2.45) is 5.92 Å². The van der Waals surface area contributed by atoms with Crippen molar-refractivity contribution in [2.75, 3.05) is 0 Å². The summed E-state index contributed by atoms with van der Waals surface area (Å²) < 4.78 is 0. The zero-order valence-corrected chi connectivity index (χ0v) is 11.8. The van der Waals surface area contributed by atoms with Crippen LogP contribution in [0.15, 0.2) is 0 Å². The van der Waals surface area contributed by atoms with Gasteiger partial charge in [0.2, 0.25) is 0 Å². The van der Waals surface area contributed by atoms with Crippen LogP contribution in [-0.2, 0) is 0 Å². The second-order valence-electron chi connectivity index (χ2n) is 5.79. The van der Waals surface area contributed by atoms with Crippen LogP contribution >= 0.6 is 12.2 Å². The largest absolute Gasteiger partial charge is 0.360 e. The molecule has 1 unspecified atom stereocenters. The summed E-state index contributed by atoms with van der Waals surface area (Å²) in [5, 5.41) is 7.87. The van der Waals surface area contributed by atoms with Gasteiger partial charge in [-0.15, -0.1) is 0 Å². The molecule has 2 aliphatic carbocycles. The van der Waals surface area contributed by atoms with Crippen molar-refractivity contribution >= 4 is 17.3 Å². The molecule has 0 aliphatic heterocycles. The fourth-order valence-electron chi connectivity index (χ4n) is 3.26. The normalized spacial score (nSPS) is 24.5. The van der Waals surface area contributed by atoms with Gasteiger partial charge >= 0.3 is 0 Å². The maximum absolute atomic E-state index is 5.42. The topological polar surface area (TPSA) is 24.1 Å². The van der Waals surface area contributed by atoms with Crippen molar-refractivity contribution in [1.82, 2.24) is 10.6 Å². The van der Waals surface area contributed by atoms with Crippen molar-refractivity contribution < 1.29 is 0 Å². The molecular weight excluding hydrogens is 228 g/mol. The summed E-state index contributed by atoms with van der Waals surface area (Å²) in [6.07, 6.45) is 12.3. The minimum atomic E-state index is 0.543. The third-order valence-electron chi connectivity index (χ3n) is 4.41. The average Bonchev–Trinajstić information content (AvgIpc) is 2.83. The van der Waals surface area contributed by atoms with E-state index in [9.17, 15) is 0 Å². The Morgan fingerprint density at radius 1 is 1.00 bits per heavy atom. The van der Waals surface area contributed by atoms with Crippen LogP contribution in [0.1, 0.15) is 64.7 Å². The summed E-state index contributed by atoms with van der Waals surface area (Å²) in [5.41, 5.74) is 0. The highest BCUT2D eigenvalue weighted by Crippen LogP contribution is 2.27. The lowest BCUT2D eigenvalue weighted by atomic mass is 9.96. The van der Waals surface area contributed by atoms with Gasteiger partial charge in [0.25, 0.3) is 0 Å². The lowest BCUT2D eigenvalue weighted by Crippen LogP contribution is -2.47. The smallest absolute Gasteiger partial charge is 0.166 e. The van der Waals surface area contributed by atoms with E-state index in [1.54, 1.807) is 0 Å². The molecule has 0 radical (unpaired) electrons. The molecule has 2 rings (SSSR count).